The highest BCUT2D eigenvalue weighted by atomic mass is 79.9. The summed E-state index contributed by atoms with van der Waals surface area (Å²) in [4.78, 5) is 74.8. The topological polar surface area (TPSA) is 161 Å². The number of ketones is 1. The molecule has 38 heavy (non-hydrogen) atoms. The normalized spacial score (nSPS) is 27.4. The summed E-state index contributed by atoms with van der Waals surface area (Å²) in [6.45, 7) is -0.735. The lowest BCUT2D eigenvalue weighted by atomic mass is 9.81. The standard InChI is InChI=1S/C24H18Br2N4O8/c25-20-15-9-16(21(20)26)19-18(15)23(33)28(24(19)34)27(22(32)12-2-1-3-14(8-12)30(37)38)10-17(31)11-4-6-13(7-5-11)29(35)36/h1-8,15-16,18-21H,9-10H2/t15-,16-,18-,19+,20+,21+/m1/s1. The average Bonchev–Trinajstić information content (AvgIpc) is 3.51. The monoisotopic (exact) mass is 648 g/mol. The fourth-order valence-corrected chi connectivity index (χ4v) is 7.58. The second-order valence-electron chi connectivity index (χ2n) is 9.39. The number of nitro groups is 2. The number of carbonyl (C=O) groups excluding carboxylic acids is 4. The smallest absolute Gasteiger partial charge is 0.273 e. The molecule has 0 N–H and O–H groups in total. The van der Waals surface area contributed by atoms with Gasteiger partial charge in [0, 0.05) is 45.0 Å². The van der Waals surface area contributed by atoms with E-state index in [-0.39, 0.29) is 44.0 Å². The zero-order chi connectivity index (χ0) is 27.5. The van der Waals surface area contributed by atoms with Crippen molar-refractivity contribution in [2.75, 3.05) is 6.54 Å². The van der Waals surface area contributed by atoms with Crippen LogP contribution in [0.4, 0.5) is 11.4 Å². The summed E-state index contributed by atoms with van der Waals surface area (Å²) in [5, 5.41) is 23.7. The first kappa shape index (κ1) is 26.1. The molecule has 2 aliphatic carbocycles. The number of hydrazine groups is 1. The van der Waals surface area contributed by atoms with Gasteiger partial charge >= 0.3 is 0 Å². The number of imide groups is 1. The molecule has 0 spiro atoms. The molecule has 1 heterocycles. The number of Topliss-reactive ketones (excluding diaryl/α,β-unsaturated/α-hetero) is 1. The van der Waals surface area contributed by atoms with Gasteiger partial charge in [-0.2, -0.15) is 5.01 Å². The van der Waals surface area contributed by atoms with Crippen LogP contribution < -0.4 is 0 Å². The zero-order valence-corrected chi connectivity index (χ0v) is 22.5. The lowest BCUT2D eigenvalue weighted by Gasteiger charge is -2.30. The molecular weight excluding hydrogens is 632 g/mol. The molecule has 2 aromatic carbocycles. The first-order chi connectivity index (χ1) is 18.0. The zero-order valence-electron chi connectivity index (χ0n) is 19.3. The molecular formula is C24H18Br2N4O8. The number of hydrogen-bond donors (Lipinski definition) is 0. The molecule has 5 rings (SSSR count). The summed E-state index contributed by atoms with van der Waals surface area (Å²) in [6, 6.07) is 9.44. The highest BCUT2D eigenvalue weighted by Crippen LogP contribution is 2.60. The summed E-state index contributed by atoms with van der Waals surface area (Å²) >= 11 is 7.20. The molecule has 1 aliphatic heterocycles. The number of rotatable bonds is 7. The van der Waals surface area contributed by atoms with Crippen molar-refractivity contribution in [2.24, 2.45) is 23.7 Å². The molecule has 1 saturated heterocycles. The summed E-state index contributed by atoms with van der Waals surface area (Å²) < 4.78 is 0. The molecule has 12 nitrogen and oxygen atoms in total. The summed E-state index contributed by atoms with van der Waals surface area (Å²) in [5.74, 6) is -4.45. The molecule has 2 aromatic rings. The van der Waals surface area contributed by atoms with Crippen LogP contribution in [0.2, 0.25) is 0 Å². The number of nitrogens with zero attached hydrogens (tertiary/aromatic N) is 4. The number of carbonyl (C=O) groups is 4. The van der Waals surface area contributed by atoms with Crippen LogP contribution in [0.5, 0.6) is 0 Å². The van der Waals surface area contributed by atoms with Crippen molar-refractivity contribution < 1.29 is 29.0 Å². The minimum atomic E-state index is -0.941. The third-order valence-corrected chi connectivity index (χ3v) is 10.6. The van der Waals surface area contributed by atoms with Gasteiger partial charge in [-0.1, -0.05) is 37.9 Å². The number of nitro benzene ring substituents is 2. The van der Waals surface area contributed by atoms with E-state index in [1.807, 2.05) is 0 Å². The fraction of sp³-hybridized carbons (Fsp3) is 0.333. The lowest BCUT2D eigenvalue weighted by molar-refractivity contribution is -0.385. The van der Waals surface area contributed by atoms with Gasteiger partial charge in [-0.3, -0.25) is 39.4 Å². The van der Waals surface area contributed by atoms with Crippen molar-refractivity contribution in [3.05, 3.63) is 79.9 Å². The van der Waals surface area contributed by atoms with Crippen molar-refractivity contribution >= 4 is 66.7 Å². The van der Waals surface area contributed by atoms with Gasteiger partial charge in [-0.25, -0.2) is 5.01 Å². The van der Waals surface area contributed by atoms with E-state index in [0.717, 1.165) is 23.2 Å². The number of fused-ring (bicyclic) bond motifs is 5. The van der Waals surface area contributed by atoms with Crippen LogP contribution >= 0.6 is 31.9 Å². The molecule has 0 radical (unpaired) electrons. The van der Waals surface area contributed by atoms with Gasteiger partial charge in [-0.15, -0.1) is 0 Å². The van der Waals surface area contributed by atoms with E-state index in [9.17, 15) is 39.4 Å². The summed E-state index contributed by atoms with van der Waals surface area (Å²) in [6.07, 6.45) is 0.660. The van der Waals surface area contributed by atoms with Gasteiger partial charge < -0.3 is 0 Å². The summed E-state index contributed by atoms with van der Waals surface area (Å²) in [7, 11) is 0. The molecule has 3 fully saturated rings. The van der Waals surface area contributed by atoms with Gasteiger partial charge in [-0.05, 0) is 36.5 Å². The highest BCUT2D eigenvalue weighted by Gasteiger charge is 2.67. The SMILES string of the molecule is O=C(CN(C(=O)c1cccc([N+](=O)[O-])c1)N1C(=O)[C@@H]2[C@H]3C[C@@H]([C@H](Br)[C@H]3Br)[C@@H]2C1=O)c1ccc([N+](=O)[O-])cc1. The Hall–Kier alpha value is -3.52. The largest absolute Gasteiger partial charge is 0.292 e. The number of halogens is 2. The highest BCUT2D eigenvalue weighted by molar-refractivity contribution is 9.12. The van der Waals surface area contributed by atoms with Crippen molar-refractivity contribution in [3.8, 4) is 0 Å². The van der Waals surface area contributed by atoms with Crippen LogP contribution in [0, 0.1) is 43.9 Å². The number of benzene rings is 2. The Morgan fingerprint density at radius 2 is 1.42 bits per heavy atom. The van der Waals surface area contributed by atoms with E-state index in [1.165, 1.54) is 30.3 Å². The molecule has 2 saturated carbocycles. The predicted octanol–water partition coefficient (Wildman–Crippen LogP) is 3.52. The maximum absolute atomic E-state index is 13.6. The number of hydrogen-bond acceptors (Lipinski definition) is 8. The lowest BCUT2D eigenvalue weighted by Crippen LogP contribution is -2.52. The van der Waals surface area contributed by atoms with Gasteiger partial charge in [0.15, 0.2) is 5.78 Å². The van der Waals surface area contributed by atoms with Crippen molar-refractivity contribution in [3.63, 3.8) is 0 Å². The Morgan fingerprint density at radius 1 is 0.868 bits per heavy atom. The van der Waals surface area contributed by atoms with Crippen LogP contribution in [0.15, 0.2) is 48.5 Å². The first-order valence-corrected chi connectivity index (χ1v) is 13.3. The Labute approximate surface area is 231 Å². The Morgan fingerprint density at radius 3 is 1.95 bits per heavy atom. The van der Waals surface area contributed by atoms with Crippen LogP contribution in [0.25, 0.3) is 0 Å². The molecule has 3 amide bonds. The van der Waals surface area contributed by atoms with Crippen molar-refractivity contribution in [2.45, 2.75) is 16.1 Å². The van der Waals surface area contributed by atoms with E-state index in [4.69, 9.17) is 0 Å². The van der Waals surface area contributed by atoms with Gasteiger partial charge in [0.25, 0.3) is 29.1 Å². The number of non-ortho nitro benzene ring substituents is 2. The predicted molar refractivity (Wildman–Crippen MR) is 137 cm³/mol. The fourth-order valence-electron chi connectivity index (χ4n) is 5.70. The minimum Gasteiger partial charge on any atom is -0.292 e. The third-order valence-electron chi connectivity index (χ3n) is 7.44. The Bertz CT molecular complexity index is 1370. The van der Waals surface area contributed by atoms with E-state index < -0.39 is 51.7 Å². The molecule has 6 atom stereocenters. The van der Waals surface area contributed by atoms with Crippen molar-refractivity contribution in [1.29, 1.82) is 0 Å². The van der Waals surface area contributed by atoms with E-state index in [0.29, 0.717) is 11.4 Å². The van der Waals surface area contributed by atoms with E-state index in [1.54, 1.807) is 0 Å². The third kappa shape index (κ3) is 4.11. The molecule has 14 heteroatoms. The maximum atomic E-state index is 13.6. The van der Waals surface area contributed by atoms with E-state index >= 15 is 0 Å². The van der Waals surface area contributed by atoms with Gasteiger partial charge in [0.2, 0.25) is 0 Å². The average molecular weight is 650 g/mol. The Balaban J connectivity index is 1.51. The van der Waals surface area contributed by atoms with Crippen molar-refractivity contribution in [1.82, 2.24) is 10.0 Å². The molecule has 196 valence electrons. The molecule has 0 unspecified atom stereocenters. The number of alkyl halides is 2. The maximum Gasteiger partial charge on any atom is 0.273 e. The molecule has 0 aromatic heterocycles. The van der Waals surface area contributed by atoms with Crippen LogP contribution in [-0.2, 0) is 9.59 Å². The quantitative estimate of drug-likeness (QED) is 0.145. The van der Waals surface area contributed by atoms with Gasteiger partial charge in [0.1, 0.15) is 6.54 Å². The van der Waals surface area contributed by atoms with Gasteiger partial charge in [0.05, 0.1) is 21.7 Å². The van der Waals surface area contributed by atoms with Crippen LogP contribution in [-0.4, -0.2) is 59.6 Å². The minimum absolute atomic E-state index is 0.0212. The molecule has 3 aliphatic rings. The molecule has 2 bridgehead atoms. The number of amides is 3. The Kier molecular flexibility index (Phi) is 6.63. The first-order valence-electron chi connectivity index (χ1n) is 11.5. The van der Waals surface area contributed by atoms with Crippen LogP contribution in [0.1, 0.15) is 27.1 Å². The second kappa shape index (κ2) is 9.66. The second-order valence-corrected chi connectivity index (χ2v) is 11.5. The summed E-state index contributed by atoms with van der Waals surface area (Å²) in [5.41, 5.74) is -0.787. The van der Waals surface area contributed by atoms with E-state index in [2.05, 4.69) is 31.9 Å². The van der Waals surface area contributed by atoms with Crippen LogP contribution in [0.3, 0.4) is 0 Å².